The van der Waals surface area contributed by atoms with E-state index in [0.717, 1.165) is 16.6 Å². The normalized spacial score (nSPS) is 11.1. The Morgan fingerprint density at radius 2 is 1.96 bits per heavy atom. The van der Waals surface area contributed by atoms with E-state index in [2.05, 4.69) is 4.98 Å². The zero-order chi connectivity index (χ0) is 18.3. The van der Waals surface area contributed by atoms with Gasteiger partial charge in [0.25, 0.3) is 0 Å². The van der Waals surface area contributed by atoms with Crippen LogP contribution in [-0.4, -0.2) is 34.5 Å². The third-order valence-corrected chi connectivity index (χ3v) is 4.34. The summed E-state index contributed by atoms with van der Waals surface area (Å²) in [6, 6.07) is 4.44. The molecule has 2 aromatic heterocycles. The summed E-state index contributed by atoms with van der Waals surface area (Å²) in [5.41, 5.74) is 3.25. The van der Waals surface area contributed by atoms with Crippen molar-refractivity contribution in [3.05, 3.63) is 53.4 Å². The minimum atomic E-state index is -0.597. The second kappa shape index (κ2) is 6.27. The van der Waals surface area contributed by atoms with E-state index in [1.54, 1.807) is 30.9 Å². The van der Waals surface area contributed by atoms with Crippen molar-refractivity contribution in [2.75, 3.05) is 14.1 Å². The van der Waals surface area contributed by atoms with Gasteiger partial charge in [-0.1, -0.05) is 0 Å². The summed E-state index contributed by atoms with van der Waals surface area (Å²) in [5, 5.41) is 0. The molecule has 0 aliphatic heterocycles. The first-order valence-corrected chi connectivity index (χ1v) is 7.90. The third-order valence-electron chi connectivity index (χ3n) is 4.34. The number of likely N-dealkylation sites (N-methyl/N-ethyl adjacent to an activating group) is 1. The van der Waals surface area contributed by atoms with E-state index >= 15 is 0 Å². The molecule has 0 unspecified atom stereocenters. The SMILES string of the molecule is Cc1c(F)ccc(-c2cnc3c(C)cn(CC(=O)N(C)C)c3c2)c1F. The first kappa shape index (κ1) is 17.1. The van der Waals surface area contributed by atoms with Crippen LogP contribution in [0.15, 0.2) is 30.6 Å². The largest absolute Gasteiger partial charge is 0.347 e. The highest BCUT2D eigenvalue weighted by atomic mass is 19.1. The van der Waals surface area contributed by atoms with Gasteiger partial charge in [0.2, 0.25) is 5.91 Å². The highest BCUT2D eigenvalue weighted by Gasteiger charge is 2.15. The average molecular weight is 343 g/mol. The van der Waals surface area contributed by atoms with E-state index in [1.165, 1.54) is 24.0 Å². The lowest BCUT2D eigenvalue weighted by molar-refractivity contribution is -0.129. The summed E-state index contributed by atoms with van der Waals surface area (Å²) < 4.78 is 29.8. The fourth-order valence-corrected chi connectivity index (χ4v) is 2.79. The number of nitrogens with zero attached hydrogens (tertiary/aromatic N) is 3. The summed E-state index contributed by atoms with van der Waals surface area (Å²) in [7, 11) is 3.39. The van der Waals surface area contributed by atoms with Crippen LogP contribution in [0.4, 0.5) is 8.78 Å². The highest BCUT2D eigenvalue weighted by Crippen LogP contribution is 2.29. The molecule has 0 radical (unpaired) electrons. The number of aryl methyl sites for hydroxylation is 1. The van der Waals surface area contributed by atoms with E-state index in [0.29, 0.717) is 5.56 Å². The first-order valence-electron chi connectivity index (χ1n) is 7.90. The quantitative estimate of drug-likeness (QED) is 0.727. The minimum Gasteiger partial charge on any atom is -0.347 e. The van der Waals surface area contributed by atoms with Crippen LogP contribution in [0.1, 0.15) is 11.1 Å². The number of amides is 1. The van der Waals surface area contributed by atoms with Gasteiger partial charge >= 0.3 is 0 Å². The van der Waals surface area contributed by atoms with Crippen LogP contribution in [-0.2, 0) is 11.3 Å². The van der Waals surface area contributed by atoms with Crippen LogP contribution in [0.5, 0.6) is 0 Å². The Balaban J connectivity index is 2.14. The van der Waals surface area contributed by atoms with Crippen molar-refractivity contribution in [2.24, 2.45) is 0 Å². The predicted molar refractivity (Wildman–Crippen MR) is 93.3 cm³/mol. The van der Waals surface area contributed by atoms with Gasteiger partial charge in [0.05, 0.1) is 11.0 Å². The minimum absolute atomic E-state index is 0.0213. The zero-order valence-electron chi connectivity index (χ0n) is 14.6. The van der Waals surface area contributed by atoms with Gasteiger partial charge in [-0.3, -0.25) is 9.78 Å². The number of carbonyl (C=O) groups is 1. The summed E-state index contributed by atoms with van der Waals surface area (Å²) in [6.07, 6.45) is 3.43. The molecule has 3 rings (SSSR count). The summed E-state index contributed by atoms with van der Waals surface area (Å²) in [6.45, 7) is 3.49. The number of carbonyl (C=O) groups excluding carboxylic acids is 1. The lowest BCUT2D eigenvalue weighted by Gasteiger charge is -2.12. The number of rotatable bonds is 3. The fourth-order valence-electron chi connectivity index (χ4n) is 2.79. The van der Waals surface area contributed by atoms with Crippen molar-refractivity contribution in [1.29, 1.82) is 0 Å². The maximum absolute atomic E-state index is 14.4. The van der Waals surface area contributed by atoms with Gasteiger partial charge in [0.15, 0.2) is 0 Å². The van der Waals surface area contributed by atoms with Crippen molar-refractivity contribution in [2.45, 2.75) is 20.4 Å². The molecule has 4 nitrogen and oxygen atoms in total. The maximum atomic E-state index is 14.4. The molecule has 0 aliphatic rings. The predicted octanol–water partition coefficient (Wildman–Crippen LogP) is 3.69. The van der Waals surface area contributed by atoms with E-state index in [1.807, 2.05) is 13.1 Å². The first-order chi connectivity index (χ1) is 11.8. The van der Waals surface area contributed by atoms with E-state index < -0.39 is 11.6 Å². The number of halogens is 2. The average Bonchev–Trinajstić information content (AvgIpc) is 2.88. The van der Waals surface area contributed by atoms with Crippen LogP contribution in [0.2, 0.25) is 0 Å². The summed E-state index contributed by atoms with van der Waals surface area (Å²) in [5.74, 6) is -1.22. The molecule has 3 aromatic rings. The maximum Gasteiger partial charge on any atom is 0.241 e. The Kier molecular flexibility index (Phi) is 4.29. The molecule has 0 atom stereocenters. The number of hydrogen-bond donors (Lipinski definition) is 0. The van der Waals surface area contributed by atoms with E-state index in [9.17, 15) is 13.6 Å². The molecule has 0 spiro atoms. The van der Waals surface area contributed by atoms with Crippen molar-refractivity contribution in [1.82, 2.24) is 14.5 Å². The smallest absolute Gasteiger partial charge is 0.241 e. The number of pyridine rings is 1. The monoisotopic (exact) mass is 343 g/mol. The van der Waals surface area contributed by atoms with Crippen molar-refractivity contribution < 1.29 is 13.6 Å². The number of benzene rings is 1. The number of fused-ring (bicyclic) bond motifs is 1. The van der Waals surface area contributed by atoms with Crippen molar-refractivity contribution >= 4 is 16.9 Å². The Bertz CT molecular complexity index is 976. The number of hydrogen-bond acceptors (Lipinski definition) is 2. The van der Waals surface area contributed by atoms with Crippen molar-refractivity contribution in [3.8, 4) is 11.1 Å². The molecular weight excluding hydrogens is 324 g/mol. The lowest BCUT2D eigenvalue weighted by atomic mass is 10.0. The molecule has 130 valence electrons. The second-order valence-electron chi connectivity index (χ2n) is 6.35. The van der Waals surface area contributed by atoms with Crippen LogP contribution in [0.3, 0.4) is 0 Å². The Hall–Kier alpha value is -2.76. The summed E-state index contributed by atoms with van der Waals surface area (Å²) in [4.78, 5) is 18.0. The van der Waals surface area contributed by atoms with Gasteiger partial charge in [0.1, 0.15) is 18.2 Å². The molecule has 6 heteroatoms. The molecule has 0 aliphatic carbocycles. The molecule has 1 amide bonds. The topological polar surface area (TPSA) is 38.1 Å². The van der Waals surface area contributed by atoms with Gasteiger partial charge in [-0.2, -0.15) is 0 Å². The molecule has 2 heterocycles. The zero-order valence-corrected chi connectivity index (χ0v) is 14.6. The molecule has 1 aromatic carbocycles. The fraction of sp³-hybridized carbons (Fsp3) is 0.263. The molecule has 0 N–H and O–H groups in total. The molecule has 0 fully saturated rings. The second-order valence-corrected chi connectivity index (χ2v) is 6.35. The lowest BCUT2D eigenvalue weighted by Crippen LogP contribution is -2.25. The Morgan fingerprint density at radius 1 is 1.24 bits per heavy atom. The van der Waals surface area contributed by atoms with Crippen LogP contribution < -0.4 is 0 Å². The van der Waals surface area contributed by atoms with Gasteiger partial charge in [-0.25, -0.2) is 8.78 Å². The van der Waals surface area contributed by atoms with Crippen LogP contribution >= 0.6 is 0 Å². The van der Waals surface area contributed by atoms with Crippen LogP contribution in [0.25, 0.3) is 22.2 Å². The van der Waals surface area contributed by atoms with E-state index in [4.69, 9.17) is 0 Å². The third kappa shape index (κ3) is 2.99. The van der Waals surface area contributed by atoms with Crippen LogP contribution in [0, 0.1) is 25.5 Å². The van der Waals surface area contributed by atoms with Gasteiger partial charge < -0.3 is 9.47 Å². The number of aromatic nitrogens is 2. The molecule has 0 saturated heterocycles. The van der Waals surface area contributed by atoms with Gasteiger partial charge in [-0.05, 0) is 37.6 Å². The molecular formula is C19H19F2N3O. The van der Waals surface area contributed by atoms with Gasteiger partial charge in [-0.15, -0.1) is 0 Å². The van der Waals surface area contributed by atoms with Gasteiger partial charge in [0, 0.05) is 43.2 Å². The molecule has 25 heavy (non-hydrogen) atoms. The Morgan fingerprint density at radius 3 is 2.64 bits per heavy atom. The molecule has 0 saturated carbocycles. The summed E-state index contributed by atoms with van der Waals surface area (Å²) >= 11 is 0. The van der Waals surface area contributed by atoms with Crippen molar-refractivity contribution in [3.63, 3.8) is 0 Å². The highest BCUT2D eigenvalue weighted by molar-refractivity contribution is 5.86. The Labute approximate surface area is 144 Å². The molecule has 0 bridgehead atoms. The van der Waals surface area contributed by atoms with E-state index in [-0.39, 0.29) is 23.6 Å². The standard InChI is InChI=1S/C19H19F2N3O/c1-11-9-24(10-17(25)23(3)4)16-7-13(8-22-19(11)16)14-5-6-15(20)12(2)18(14)21/h5-9H,10H2,1-4H3.